The van der Waals surface area contributed by atoms with Gasteiger partial charge in [-0.25, -0.2) is 0 Å². The minimum absolute atomic E-state index is 0.0786. The summed E-state index contributed by atoms with van der Waals surface area (Å²) >= 11 is 0. The Balaban J connectivity index is 4.36. The fourth-order valence-electron chi connectivity index (χ4n) is 10.2. The van der Waals surface area contributed by atoms with E-state index in [9.17, 15) is 14.4 Å². The van der Waals surface area contributed by atoms with Gasteiger partial charge in [0.1, 0.15) is 13.2 Å². The van der Waals surface area contributed by atoms with Crippen LogP contribution in [0.1, 0.15) is 361 Å². The molecule has 0 radical (unpaired) electrons. The Kier molecular flexibility index (Phi) is 65.7. The van der Waals surface area contributed by atoms with Crippen LogP contribution < -0.4 is 0 Å². The van der Waals surface area contributed by atoms with E-state index in [1.807, 2.05) is 0 Å². The molecule has 6 heteroatoms. The lowest BCUT2D eigenvalue weighted by molar-refractivity contribution is -0.167. The molecule has 1 atom stereocenters. The number of carbonyl (C=O) groups is 3. The second-order valence-electron chi connectivity index (χ2n) is 23.4. The maximum Gasteiger partial charge on any atom is 0.306 e. The van der Waals surface area contributed by atoms with Crippen LogP contribution >= 0.6 is 0 Å². The maximum absolute atomic E-state index is 13.0. The fraction of sp³-hybridized carbons (Fsp3) is 0.797. The van der Waals surface area contributed by atoms with Crippen LogP contribution in [0.25, 0.3) is 0 Å². The number of hydrogen-bond acceptors (Lipinski definition) is 6. The molecule has 0 aromatic heterocycles. The number of carbonyl (C=O) groups excluding carboxylic acids is 3. The van der Waals surface area contributed by atoms with E-state index < -0.39 is 6.10 Å². The molecule has 1 unspecified atom stereocenters. The Morgan fingerprint density at radius 2 is 0.450 bits per heavy atom. The van der Waals surface area contributed by atoms with Gasteiger partial charge in [-0.3, -0.25) is 14.4 Å². The maximum atomic E-state index is 13.0. The highest BCUT2D eigenvalue weighted by atomic mass is 16.6. The summed E-state index contributed by atoms with van der Waals surface area (Å²) in [7, 11) is 0. The predicted molar refractivity (Wildman–Crippen MR) is 348 cm³/mol. The molecule has 0 saturated carbocycles. The van der Waals surface area contributed by atoms with Crippen molar-refractivity contribution in [3.63, 3.8) is 0 Å². The van der Waals surface area contributed by atoms with Gasteiger partial charge >= 0.3 is 17.9 Å². The smallest absolute Gasteiger partial charge is 0.306 e. The van der Waals surface area contributed by atoms with E-state index in [-0.39, 0.29) is 31.1 Å². The molecular formula is C74H132O6. The molecule has 0 amide bonds. The van der Waals surface area contributed by atoms with Crippen molar-refractivity contribution < 1.29 is 28.6 Å². The third-order valence-electron chi connectivity index (χ3n) is 15.4. The summed E-state index contributed by atoms with van der Waals surface area (Å²) < 4.78 is 17.0. The van der Waals surface area contributed by atoms with Crippen LogP contribution in [0.15, 0.2) is 72.9 Å². The van der Waals surface area contributed by atoms with E-state index in [1.54, 1.807) is 0 Å². The lowest BCUT2D eigenvalue weighted by Gasteiger charge is -2.18. The number of hydrogen-bond donors (Lipinski definition) is 0. The standard InChI is InChI=1S/C74H132O6/c1-4-7-10-13-16-19-22-25-28-31-33-35-36-37-38-40-41-43-46-49-52-55-58-61-64-67-73(76)79-70-71(69-78-72(75)66-63-60-57-54-51-48-45-30-27-24-21-18-15-12-9-6-3)80-74(77)68-65-62-59-56-53-50-47-44-42-39-34-32-29-26-23-20-17-14-11-8-5-2/h22-23,25-26,31-34,36-37,42,44,71H,4-21,24,27-30,35,38-41,43,45-70H2,1-3H3/b25-22-,26-23-,33-31-,34-32-,37-36-,44-42-. The number of ether oxygens (including phenoxy) is 3. The average Bonchev–Trinajstić information content (AvgIpc) is 3.46. The molecule has 0 aromatic carbocycles. The van der Waals surface area contributed by atoms with Crippen molar-refractivity contribution in [3.8, 4) is 0 Å². The van der Waals surface area contributed by atoms with Crippen molar-refractivity contribution in [2.45, 2.75) is 367 Å². The van der Waals surface area contributed by atoms with E-state index in [0.717, 1.165) is 96.3 Å². The molecule has 0 saturated heterocycles. The molecule has 0 heterocycles. The topological polar surface area (TPSA) is 78.9 Å². The Bertz CT molecular complexity index is 1470. The molecule has 0 rings (SSSR count). The van der Waals surface area contributed by atoms with E-state index in [1.165, 1.54) is 225 Å². The highest BCUT2D eigenvalue weighted by molar-refractivity contribution is 5.71. The lowest BCUT2D eigenvalue weighted by atomic mass is 10.0. The van der Waals surface area contributed by atoms with Crippen LogP contribution in [-0.4, -0.2) is 37.2 Å². The van der Waals surface area contributed by atoms with E-state index in [4.69, 9.17) is 14.2 Å². The molecule has 0 aliphatic heterocycles. The number of esters is 3. The summed E-state index contributed by atoms with van der Waals surface area (Å²) in [5.74, 6) is -0.874. The summed E-state index contributed by atoms with van der Waals surface area (Å²) in [6.07, 6.45) is 89.1. The number of allylic oxidation sites excluding steroid dienone is 12. The van der Waals surface area contributed by atoms with Crippen LogP contribution in [0, 0.1) is 0 Å². The van der Waals surface area contributed by atoms with Crippen molar-refractivity contribution in [1.82, 2.24) is 0 Å². The summed E-state index contributed by atoms with van der Waals surface area (Å²) in [4.78, 5) is 38.5. The summed E-state index contributed by atoms with van der Waals surface area (Å²) in [6.45, 7) is 6.66. The summed E-state index contributed by atoms with van der Waals surface area (Å²) in [6, 6.07) is 0. The Labute approximate surface area is 497 Å². The lowest BCUT2D eigenvalue weighted by Crippen LogP contribution is -2.30. The SMILES string of the molecule is CCCCCCC/C=C\C/C=C\C/C=C\CCCCCCCCCCCCC(=O)OCC(COC(=O)CCCCCCCCCCCCCCCCCC)OC(=O)CCCCCCCC/C=C\C/C=C\C/C=C\CCCCCCC. The zero-order chi connectivity index (χ0) is 57.8. The molecule has 0 fully saturated rings. The van der Waals surface area contributed by atoms with Gasteiger partial charge < -0.3 is 14.2 Å². The van der Waals surface area contributed by atoms with E-state index >= 15 is 0 Å². The number of rotatable bonds is 64. The van der Waals surface area contributed by atoms with Crippen LogP contribution in [0.4, 0.5) is 0 Å². The van der Waals surface area contributed by atoms with Crippen molar-refractivity contribution >= 4 is 17.9 Å². The van der Waals surface area contributed by atoms with Gasteiger partial charge in [0, 0.05) is 19.3 Å². The van der Waals surface area contributed by atoms with Crippen LogP contribution in [-0.2, 0) is 28.6 Å². The first kappa shape index (κ1) is 76.9. The molecule has 0 spiro atoms. The minimum atomic E-state index is -0.785. The molecular weight excluding hydrogens is 985 g/mol. The van der Waals surface area contributed by atoms with Crippen LogP contribution in [0.5, 0.6) is 0 Å². The van der Waals surface area contributed by atoms with Gasteiger partial charge in [-0.05, 0) is 96.3 Å². The molecule has 0 bridgehead atoms. The molecule has 0 N–H and O–H groups in total. The third kappa shape index (κ3) is 65.7. The zero-order valence-electron chi connectivity index (χ0n) is 53.3. The summed E-state index contributed by atoms with van der Waals surface area (Å²) in [5.41, 5.74) is 0. The Hall–Kier alpha value is -3.15. The van der Waals surface area contributed by atoms with Gasteiger partial charge in [-0.1, -0.05) is 318 Å². The van der Waals surface area contributed by atoms with E-state index in [0.29, 0.717) is 19.3 Å². The monoisotopic (exact) mass is 1120 g/mol. The van der Waals surface area contributed by atoms with Gasteiger partial charge in [0.2, 0.25) is 0 Å². The first-order valence-electron chi connectivity index (χ1n) is 34.9. The average molecular weight is 1120 g/mol. The molecule has 6 nitrogen and oxygen atoms in total. The first-order valence-corrected chi connectivity index (χ1v) is 34.9. The number of unbranched alkanes of at least 4 members (excludes halogenated alkanes) is 41. The quantitative estimate of drug-likeness (QED) is 0.0261. The van der Waals surface area contributed by atoms with Gasteiger partial charge in [-0.2, -0.15) is 0 Å². The predicted octanol–water partition coefficient (Wildman–Crippen LogP) is 24.1. The highest BCUT2D eigenvalue weighted by Gasteiger charge is 2.19. The first-order chi connectivity index (χ1) is 39.5. The Morgan fingerprint density at radius 3 is 0.700 bits per heavy atom. The van der Waals surface area contributed by atoms with Gasteiger partial charge in [0.25, 0.3) is 0 Å². The van der Waals surface area contributed by atoms with Gasteiger partial charge in [-0.15, -0.1) is 0 Å². The van der Waals surface area contributed by atoms with Gasteiger partial charge in [0.05, 0.1) is 0 Å². The van der Waals surface area contributed by atoms with Crippen LogP contribution in [0.3, 0.4) is 0 Å². The molecule has 0 aromatic rings. The van der Waals surface area contributed by atoms with Crippen molar-refractivity contribution in [3.05, 3.63) is 72.9 Å². The van der Waals surface area contributed by atoms with Crippen molar-refractivity contribution in [1.29, 1.82) is 0 Å². The van der Waals surface area contributed by atoms with E-state index in [2.05, 4.69) is 93.7 Å². The highest BCUT2D eigenvalue weighted by Crippen LogP contribution is 2.17. The molecule has 464 valence electrons. The minimum Gasteiger partial charge on any atom is -0.462 e. The summed E-state index contributed by atoms with van der Waals surface area (Å²) in [5, 5.41) is 0. The normalized spacial score (nSPS) is 12.5. The largest absolute Gasteiger partial charge is 0.462 e. The fourth-order valence-corrected chi connectivity index (χ4v) is 10.2. The molecule has 0 aliphatic carbocycles. The van der Waals surface area contributed by atoms with Gasteiger partial charge in [0.15, 0.2) is 6.10 Å². The Morgan fingerprint density at radius 1 is 0.250 bits per heavy atom. The zero-order valence-corrected chi connectivity index (χ0v) is 53.3. The van der Waals surface area contributed by atoms with Crippen molar-refractivity contribution in [2.24, 2.45) is 0 Å². The van der Waals surface area contributed by atoms with Crippen LogP contribution in [0.2, 0.25) is 0 Å². The molecule has 0 aliphatic rings. The molecule has 80 heavy (non-hydrogen) atoms. The second-order valence-corrected chi connectivity index (χ2v) is 23.4. The van der Waals surface area contributed by atoms with Crippen molar-refractivity contribution in [2.75, 3.05) is 13.2 Å². The second kappa shape index (κ2) is 68.3. The third-order valence-corrected chi connectivity index (χ3v) is 15.4.